The van der Waals surface area contributed by atoms with Gasteiger partial charge in [0.05, 0.1) is 0 Å². The van der Waals surface area contributed by atoms with Crippen molar-refractivity contribution in [3.05, 3.63) is 0 Å². The molecule has 0 spiro atoms. The molecule has 0 aliphatic carbocycles. The number of carbonyl (C=O) groups is 1. The molecule has 0 rings (SSSR count). The lowest BCUT2D eigenvalue weighted by atomic mass is 11.7. The van der Waals surface area contributed by atoms with Crippen molar-refractivity contribution in [1.82, 2.24) is 0 Å². The summed E-state index contributed by atoms with van der Waals surface area (Å²) in [5, 5.41) is 6.89. The Morgan fingerprint density at radius 1 is 1.75 bits per heavy atom. The van der Waals surface area contributed by atoms with Gasteiger partial charge in [0, 0.05) is 0 Å². The van der Waals surface area contributed by atoms with E-state index < -0.39 is 0 Å². The van der Waals surface area contributed by atoms with Gasteiger partial charge in [0.15, 0.2) is 0 Å². The fourth-order valence-corrected chi connectivity index (χ4v) is 0. The van der Waals surface area contributed by atoms with Gasteiger partial charge in [-0.15, -0.1) is 0 Å². The van der Waals surface area contributed by atoms with Crippen LogP contribution >= 0.6 is 0 Å². The minimum absolute atomic E-state index is 0. The van der Waals surface area contributed by atoms with Gasteiger partial charge in [-0.3, -0.25) is 10.3 Å². The zero-order valence-corrected chi connectivity index (χ0v) is 1.88. The van der Waals surface area contributed by atoms with Crippen molar-refractivity contribution < 1.29 is 15.4 Å². The van der Waals surface area contributed by atoms with Gasteiger partial charge in [-0.05, 0) is 0 Å². The Hall–Kier alpha value is -0.570. The fraction of sp³-hybridized carbons (Fsp3) is 0. The molecule has 0 aromatic heterocycles. The lowest BCUT2D eigenvalue weighted by molar-refractivity contribution is -0.122. The maximum atomic E-state index is 8.36. The van der Waals surface area contributed by atoms with Crippen LogP contribution in [0.5, 0.6) is 0 Å². The summed E-state index contributed by atoms with van der Waals surface area (Å²) < 4.78 is 0. The zero-order chi connectivity index (χ0) is 2.71. The molecule has 0 atom stereocenters. The summed E-state index contributed by atoms with van der Waals surface area (Å²) >= 11 is 0. The minimum atomic E-state index is -0.250. The average Bonchev–Trinajstić information content (AvgIpc) is 0.918. The Morgan fingerprint density at radius 3 is 1.75 bits per heavy atom. The first kappa shape index (κ1) is 9.90. The molecule has 0 aromatic carbocycles. The van der Waals surface area contributed by atoms with Gasteiger partial charge >= 0.3 is 0 Å². The van der Waals surface area contributed by atoms with Crippen molar-refractivity contribution in [3.8, 4) is 0 Å². The summed E-state index contributed by atoms with van der Waals surface area (Å²) in [7, 11) is 0. The van der Waals surface area contributed by atoms with Crippen LogP contribution in [0.1, 0.15) is 0 Å². The van der Waals surface area contributed by atoms with E-state index in [-0.39, 0.29) is 11.9 Å². The van der Waals surface area contributed by atoms with E-state index in [4.69, 9.17) is 9.90 Å². The molecule has 1 radical (unpaired) electrons. The second-order valence-corrected chi connectivity index (χ2v) is 0.105. The highest BCUT2D eigenvalue weighted by Gasteiger charge is 1.22. The van der Waals surface area contributed by atoms with Gasteiger partial charge < -0.3 is 5.11 Å². The van der Waals surface area contributed by atoms with Crippen LogP contribution in [0.15, 0.2) is 0 Å². The van der Waals surface area contributed by atoms with Crippen LogP contribution in [0.2, 0.25) is 0 Å². The van der Waals surface area contributed by atoms with E-state index in [1.807, 2.05) is 0 Å². The lowest BCUT2D eigenvalue weighted by Crippen LogP contribution is -1.49. The van der Waals surface area contributed by atoms with Gasteiger partial charge in [0.25, 0.3) is 6.47 Å². The zero-order valence-electron chi connectivity index (χ0n) is 1.88. The van der Waals surface area contributed by atoms with Crippen molar-refractivity contribution in [2.75, 3.05) is 0 Å². The highest BCUT2D eigenvalue weighted by molar-refractivity contribution is 5.32. The van der Waals surface area contributed by atoms with E-state index in [0.717, 1.165) is 0 Å². The molecular weight excluding hydrogens is 60.0 g/mol. The highest BCUT2D eigenvalue weighted by Crippen LogP contribution is 0.966. The second kappa shape index (κ2) is 26.9. The van der Waals surface area contributed by atoms with E-state index in [0.29, 0.717) is 0 Å². The minimum Gasteiger partial charge on any atom is -0.483 e. The third kappa shape index (κ3) is 0.814. The predicted molar refractivity (Wildman–Crippen MR) is 10.6 cm³/mol. The van der Waals surface area contributed by atoms with Crippen LogP contribution in [0.4, 0.5) is 0 Å². The molecule has 25 valence electrons. The molecule has 3 heteroatoms. The van der Waals surface area contributed by atoms with Gasteiger partial charge in [0.2, 0.25) is 0 Å². The molecule has 0 fully saturated rings. The van der Waals surface area contributed by atoms with E-state index in [9.17, 15) is 0 Å². The van der Waals surface area contributed by atoms with Crippen LogP contribution in [-0.4, -0.2) is 17.1 Å². The monoisotopic (exact) mass is 63.0 g/mol. The Labute approximate surface area is 23.2 Å². The number of rotatable bonds is 0. The summed E-state index contributed by atoms with van der Waals surface area (Å²) in [6, 6.07) is 0. The molecule has 3 nitrogen and oxygen atoms in total. The molecule has 0 aliphatic heterocycles. The Balaban J connectivity index is 0. The van der Waals surface area contributed by atoms with Gasteiger partial charge in [0.1, 0.15) is 0 Å². The molecule has 0 bridgehead atoms. The van der Waals surface area contributed by atoms with Gasteiger partial charge in [-0.2, -0.15) is 0 Å². The van der Waals surface area contributed by atoms with Crippen LogP contribution in [-0.2, 0) is 4.79 Å². The van der Waals surface area contributed by atoms with Crippen molar-refractivity contribution >= 4 is 6.47 Å². The van der Waals surface area contributed by atoms with Crippen molar-refractivity contribution in [1.29, 1.82) is 0 Å². The Kier molecular flexibility index (Phi) is 66.5. The molecule has 0 saturated heterocycles. The normalized spacial score (nSPS) is 3.00. The molecule has 0 amide bonds. The first-order valence-corrected chi connectivity index (χ1v) is 0.494. The third-order valence-corrected chi connectivity index (χ3v) is 0. The fourth-order valence-electron chi connectivity index (χ4n) is 0. The number of carboxylic acid groups (broad SMARTS) is 1. The largest absolute Gasteiger partial charge is 0.483 e. The maximum absolute atomic E-state index is 8.36. The Bertz CT molecular complexity index is 10.8. The van der Waals surface area contributed by atoms with Crippen LogP contribution in [0, 0.1) is 0 Å². The summed E-state index contributed by atoms with van der Waals surface area (Å²) in [4.78, 5) is 8.36. The summed E-state index contributed by atoms with van der Waals surface area (Å²) in [5.74, 6) is 0. The van der Waals surface area contributed by atoms with Crippen LogP contribution < -0.4 is 0 Å². The molecule has 0 heterocycles. The summed E-state index contributed by atoms with van der Waals surface area (Å²) in [6.07, 6.45) is 0. The number of hydrogen-bond acceptors (Lipinski definition) is 1. The molecule has 0 aliphatic rings. The molecule has 0 saturated carbocycles. The maximum Gasteiger partial charge on any atom is 0.290 e. The van der Waals surface area contributed by atoms with Crippen molar-refractivity contribution in [2.45, 2.75) is 0 Å². The second-order valence-electron chi connectivity index (χ2n) is 0.105. The summed E-state index contributed by atoms with van der Waals surface area (Å²) in [5.41, 5.74) is 0. The van der Waals surface area contributed by atoms with Crippen molar-refractivity contribution in [2.24, 2.45) is 0 Å². The van der Waals surface area contributed by atoms with E-state index in [1.165, 1.54) is 0 Å². The topological polar surface area (TPSA) is 67.3 Å². The lowest BCUT2D eigenvalue weighted by Gasteiger charge is -1.34. The van der Waals surface area contributed by atoms with E-state index in [2.05, 4.69) is 0 Å². The first-order valence-electron chi connectivity index (χ1n) is 0.494. The molecule has 4 heavy (non-hydrogen) atoms. The highest BCUT2D eigenvalue weighted by atomic mass is 16.3. The molecular formula is CH3O3. The average molecular weight is 63.0 g/mol. The van der Waals surface area contributed by atoms with E-state index >= 15 is 0 Å². The van der Waals surface area contributed by atoms with E-state index in [1.54, 1.807) is 0 Å². The quantitative estimate of drug-likeness (QED) is 0.373. The van der Waals surface area contributed by atoms with Crippen LogP contribution in [0.3, 0.4) is 0 Å². The smallest absolute Gasteiger partial charge is 0.290 e. The molecule has 0 unspecified atom stereocenters. The Morgan fingerprint density at radius 2 is 1.75 bits per heavy atom. The van der Waals surface area contributed by atoms with Crippen LogP contribution in [0.25, 0.3) is 0 Å². The molecule has 0 aromatic rings. The first-order chi connectivity index (χ1) is 1.41. The SMILES string of the molecule is O=CO.[OH]. The predicted octanol–water partition coefficient (Wildman–Crippen LogP) is -0.476. The summed E-state index contributed by atoms with van der Waals surface area (Å²) in [6.45, 7) is -0.250. The number of hydrogen-bond donors (Lipinski definition) is 2. The van der Waals surface area contributed by atoms with Gasteiger partial charge in [-0.25, -0.2) is 0 Å². The van der Waals surface area contributed by atoms with Gasteiger partial charge in [-0.1, -0.05) is 0 Å². The third-order valence-electron chi connectivity index (χ3n) is 0. The molecule has 2 N–H and O–H groups in total. The van der Waals surface area contributed by atoms with Crippen molar-refractivity contribution in [3.63, 3.8) is 0 Å². The standard InChI is InChI=1S/CH2O2.HO/c2-1-3;/h1H,(H,2,3);1H.